The Balaban J connectivity index is 1.15. The van der Waals surface area contributed by atoms with Crippen molar-refractivity contribution >= 4 is 27.3 Å². The molecule has 2 fully saturated rings. The highest BCUT2D eigenvalue weighted by Gasteiger charge is 2.34. The molecule has 4 heterocycles. The molecule has 0 aliphatic carbocycles. The van der Waals surface area contributed by atoms with Gasteiger partial charge in [0, 0.05) is 32.7 Å². The van der Waals surface area contributed by atoms with Crippen LogP contribution in [0.4, 0.5) is 0 Å². The van der Waals surface area contributed by atoms with Gasteiger partial charge >= 0.3 is 0 Å². The highest BCUT2D eigenvalue weighted by atomic mass is 32.2. The number of rotatable bonds is 6. The second kappa shape index (κ2) is 9.95. The summed E-state index contributed by atoms with van der Waals surface area (Å²) in [5.41, 5.74) is 0. The number of hydrogen-bond donors (Lipinski definition) is 0. The molecule has 2 aliphatic rings. The summed E-state index contributed by atoms with van der Waals surface area (Å²) in [5, 5.41) is 6.04. The highest BCUT2D eigenvalue weighted by molar-refractivity contribution is 7.89. The van der Waals surface area contributed by atoms with Crippen molar-refractivity contribution in [3.63, 3.8) is 0 Å². The smallest absolute Gasteiger partial charge is 0.243 e. The lowest BCUT2D eigenvalue weighted by molar-refractivity contribution is -0.138. The molecule has 34 heavy (non-hydrogen) atoms. The third kappa shape index (κ3) is 4.92. The molecule has 0 radical (unpaired) electrons. The van der Waals surface area contributed by atoms with Crippen molar-refractivity contribution in [3.05, 3.63) is 53.7 Å². The van der Waals surface area contributed by atoms with E-state index in [4.69, 9.17) is 4.52 Å². The van der Waals surface area contributed by atoms with E-state index in [1.54, 1.807) is 41.7 Å². The SMILES string of the molecule is O=C(C1CCCN(Cc2nc(-c3cccs3)no2)C1)N1CCN(S(=O)(=O)c2ccccc2)CC1. The Morgan fingerprint density at radius 2 is 1.85 bits per heavy atom. The molecule has 2 aliphatic heterocycles. The number of carbonyl (C=O) groups is 1. The second-order valence-electron chi connectivity index (χ2n) is 8.61. The van der Waals surface area contributed by atoms with Gasteiger partial charge in [-0.3, -0.25) is 9.69 Å². The summed E-state index contributed by atoms with van der Waals surface area (Å²) in [5.74, 6) is 1.14. The minimum absolute atomic E-state index is 0.103. The Bertz CT molecular complexity index is 1210. The summed E-state index contributed by atoms with van der Waals surface area (Å²) in [6.45, 7) is 3.48. The number of sulfonamides is 1. The first-order chi connectivity index (χ1) is 16.5. The summed E-state index contributed by atoms with van der Waals surface area (Å²) >= 11 is 1.57. The van der Waals surface area contributed by atoms with Crippen LogP contribution in [0.3, 0.4) is 0 Å². The van der Waals surface area contributed by atoms with Gasteiger partial charge in [0.25, 0.3) is 0 Å². The van der Waals surface area contributed by atoms with Crippen LogP contribution in [-0.4, -0.2) is 77.8 Å². The van der Waals surface area contributed by atoms with Crippen molar-refractivity contribution in [2.45, 2.75) is 24.3 Å². The summed E-state index contributed by atoms with van der Waals surface area (Å²) in [4.78, 5) is 23.0. The molecule has 1 aromatic carbocycles. The van der Waals surface area contributed by atoms with Crippen LogP contribution in [0.2, 0.25) is 0 Å². The zero-order chi connectivity index (χ0) is 23.5. The molecular formula is C23H27N5O4S2. The van der Waals surface area contributed by atoms with Crippen LogP contribution in [0, 0.1) is 5.92 Å². The number of likely N-dealkylation sites (tertiary alicyclic amines) is 1. The van der Waals surface area contributed by atoms with E-state index in [1.165, 1.54) is 4.31 Å². The van der Waals surface area contributed by atoms with Gasteiger partial charge in [-0.05, 0) is 43.0 Å². The molecule has 2 aromatic heterocycles. The maximum Gasteiger partial charge on any atom is 0.243 e. The van der Waals surface area contributed by atoms with Crippen molar-refractivity contribution in [2.75, 3.05) is 39.3 Å². The molecule has 1 unspecified atom stereocenters. The van der Waals surface area contributed by atoms with E-state index < -0.39 is 10.0 Å². The number of aromatic nitrogens is 2. The summed E-state index contributed by atoms with van der Waals surface area (Å²) in [6, 6.07) is 12.4. The van der Waals surface area contributed by atoms with E-state index >= 15 is 0 Å². The molecule has 3 aromatic rings. The van der Waals surface area contributed by atoms with Crippen LogP contribution < -0.4 is 0 Å². The first-order valence-corrected chi connectivity index (χ1v) is 13.8. The average molecular weight is 502 g/mol. The lowest BCUT2D eigenvalue weighted by Gasteiger charge is -2.38. The Labute approximate surface area is 203 Å². The van der Waals surface area contributed by atoms with Gasteiger partial charge in [-0.25, -0.2) is 8.42 Å². The van der Waals surface area contributed by atoms with Crippen LogP contribution in [0.5, 0.6) is 0 Å². The maximum absolute atomic E-state index is 13.2. The molecule has 9 nitrogen and oxygen atoms in total. The molecular weight excluding hydrogens is 474 g/mol. The van der Waals surface area contributed by atoms with Gasteiger partial charge < -0.3 is 9.42 Å². The number of benzene rings is 1. The van der Waals surface area contributed by atoms with Crippen molar-refractivity contribution < 1.29 is 17.7 Å². The minimum Gasteiger partial charge on any atom is -0.340 e. The lowest BCUT2D eigenvalue weighted by atomic mass is 9.96. The van der Waals surface area contributed by atoms with E-state index in [0.717, 1.165) is 24.3 Å². The number of piperazine rings is 1. The second-order valence-corrected chi connectivity index (χ2v) is 11.5. The Morgan fingerprint density at radius 1 is 1.06 bits per heavy atom. The van der Waals surface area contributed by atoms with Gasteiger partial charge in [0.15, 0.2) is 0 Å². The highest BCUT2D eigenvalue weighted by Crippen LogP contribution is 2.25. The molecule has 0 bridgehead atoms. The third-order valence-corrected chi connectivity index (χ3v) is 9.13. The van der Waals surface area contributed by atoms with Gasteiger partial charge in [0.1, 0.15) is 0 Å². The lowest BCUT2D eigenvalue weighted by Crippen LogP contribution is -2.53. The monoisotopic (exact) mass is 501 g/mol. The predicted molar refractivity (Wildman–Crippen MR) is 127 cm³/mol. The zero-order valence-electron chi connectivity index (χ0n) is 18.7. The van der Waals surface area contributed by atoms with Crippen LogP contribution in [0.1, 0.15) is 18.7 Å². The Morgan fingerprint density at radius 3 is 2.59 bits per heavy atom. The fraction of sp³-hybridized carbons (Fsp3) is 0.435. The van der Waals surface area contributed by atoms with Gasteiger partial charge in [-0.15, -0.1) is 11.3 Å². The fourth-order valence-corrected chi connectivity index (χ4v) is 6.66. The number of nitrogens with zero attached hydrogens (tertiary/aromatic N) is 5. The van der Waals surface area contributed by atoms with Gasteiger partial charge in [0.05, 0.1) is 22.2 Å². The number of hydrogen-bond acceptors (Lipinski definition) is 8. The van der Waals surface area contributed by atoms with E-state index in [1.807, 2.05) is 22.4 Å². The summed E-state index contributed by atoms with van der Waals surface area (Å²) in [6.07, 6.45) is 1.76. The number of piperidine rings is 1. The van der Waals surface area contributed by atoms with Crippen molar-refractivity contribution in [1.29, 1.82) is 0 Å². The van der Waals surface area contributed by atoms with Gasteiger partial charge in [-0.1, -0.05) is 29.4 Å². The Hall–Kier alpha value is -2.60. The van der Waals surface area contributed by atoms with Crippen LogP contribution in [0.25, 0.3) is 10.7 Å². The average Bonchev–Trinajstić information content (AvgIpc) is 3.57. The van der Waals surface area contributed by atoms with Crippen molar-refractivity contribution in [2.24, 2.45) is 5.92 Å². The Kier molecular flexibility index (Phi) is 6.77. The molecule has 1 atom stereocenters. The normalized spacial score (nSPS) is 20.5. The van der Waals surface area contributed by atoms with E-state index in [9.17, 15) is 13.2 Å². The molecule has 1 amide bonds. The molecule has 5 rings (SSSR count). The van der Waals surface area contributed by atoms with Crippen LogP contribution >= 0.6 is 11.3 Å². The first kappa shape index (κ1) is 23.2. The van der Waals surface area contributed by atoms with E-state index in [-0.39, 0.29) is 11.8 Å². The molecule has 0 saturated carbocycles. The third-order valence-electron chi connectivity index (χ3n) is 6.35. The van der Waals surface area contributed by atoms with Crippen LogP contribution in [-0.2, 0) is 21.4 Å². The van der Waals surface area contributed by atoms with Crippen LogP contribution in [0.15, 0.2) is 57.3 Å². The van der Waals surface area contributed by atoms with Gasteiger partial charge in [0.2, 0.25) is 27.6 Å². The predicted octanol–water partition coefficient (Wildman–Crippen LogP) is 2.54. The first-order valence-electron chi connectivity index (χ1n) is 11.4. The number of carbonyl (C=O) groups excluding carboxylic acids is 1. The standard InChI is InChI=1S/C23H27N5O4S2/c29-23(27-11-13-28(14-12-27)34(30,31)19-7-2-1-3-8-19)18-6-4-10-26(16-18)17-21-24-22(25-32-21)20-9-5-15-33-20/h1-3,5,7-9,15,18H,4,6,10-14,16-17H2. The quantitative estimate of drug-likeness (QED) is 0.512. The van der Waals surface area contributed by atoms with Gasteiger partial charge in [-0.2, -0.15) is 9.29 Å². The molecule has 180 valence electrons. The largest absolute Gasteiger partial charge is 0.340 e. The molecule has 11 heteroatoms. The zero-order valence-corrected chi connectivity index (χ0v) is 20.4. The van der Waals surface area contributed by atoms with Crippen molar-refractivity contribution in [3.8, 4) is 10.7 Å². The van der Waals surface area contributed by atoms with E-state index in [0.29, 0.717) is 55.9 Å². The number of thiophene rings is 1. The summed E-state index contributed by atoms with van der Waals surface area (Å²) < 4.78 is 32.6. The fourth-order valence-electron chi connectivity index (χ4n) is 4.57. The minimum atomic E-state index is -3.53. The van der Waals surface area contributed by atoms with Crippen molar-refractivity contribution in [1.82, 2.24) is 24.2 Å². The summed E-state index contributed by atoms with van der Waals surface area (Å²) in [7, 11) is -3.53. The molecule has 0 N–H and O–H groups in total. The molecule has 0 spiro atoms. The van der Waals surface area contributed by atoms with E-state index in [2.05, 4.69) is 15.0 Å². The molecule has 2 saturated heterocycles. The number of amides is 1. The maximum atomic E-state index is 13.2. The topological polar surface area (TPSA) is 99.8 Å².